The number of nitriles is 1. The summed E-state index contributed by atoms with van der Waals surface area (Å²) >= 11 is 0. The molecule has 1 N–H and O–H groups in total. The van der Waals surface area contributed by atoms with Gasteiger partial charge in [0.05, 0.1) is 5.56 Å². The molecule has 3 nitrogen and oxygen atoms in total. The first-order valence-electron chi connectivity index (χ1n) is 6.94. The lowest BCUT2D eigenvalue weighted by Crippen LogP contribution is -2.01. The summed E-state index contributed by atoms with van der Waals surface area (Å²) in [5.74, 6) is 0.677. The second-order valence-corrected chi connectivity index (χ2v) is 5.38. The van der Waals surface area contributed by atoms with E-state index in [1.165, 1.54) is 16.7 Å². The Morgan fingerprint density at radius 1 is 1.15 bits per heavy atom. The Morgan fingerprint density at radius 3 is 2.75 bits per heavy atom. The molecule has 0 saturated carbocycles. The highest BCUT2D eigenvalue weighted by atomic mass is 15.0. The van der Waals surface area contributed by atoms with Gasteiger partial charge < -0.3 is 5.32 Å². The summed E-state index contributed by atoms with van der Waals surface area (Å²) in [4.78, 5) is 4.64. The highest BCUT2D eigenvalue weighted by Gasteiger charge is 2.16. The van der Waals surface area contributed by atoms with Gasteiger partial charge in [-0.15, -0.1) is 0 Å². The van der Waals surface area contributed by atoms with Crippen LogP contribution in [-0.2, 0) is 12.8 Å². The standard InChI is InChI=1S/C17H17N3/c1-11-6-7-15(8-12(11)2)19-17-14(10-18)9-13-4-3-5-16(13)20-17/h6-9H,3-5H2,1-2H3,(H,19,20). The molecule has 0 amide bonds. The molecule has 0 unspecified atom stereocenters. The maximum Gasteiger partial charge on any atom is 0.148 e. The summed E-state index contributed by atoms with van der Waals surface area (Å²) in [5.41, 5.74) is 6.47. The van der Waals surface area contributed by atoms with Gasteiger partial charge >= 0.3 is 0 Å². The number of aryl methyl sites for hydroxylation is 4. The van der Waals surface area contributed by atoms with Crippen molar-refractivity contribution in [2.45, 2.75) is 33.1 Å². The van der Waals surface area contributed by atoms with Crippen LogP contribution in [0.15, 0.2) is 24.3 Å². The Bertz CT molecular complexity index is 711. The maximum atomic E-state index is 9.30. The average molecular weight is 263 g/mol. The molecule has 0 bridgehead atoms. The number of nitrogens with one attached hydrogen (secondary N) is 1. The van der Waals surface area contributed by atoms with Crippen molar-refractivity contribution in [1.29, 1.82) is 5.26 Å². The number of pyridine rings is 1. The van der Waals surface area contributed by atoms with Crippen LogP contribution in [0.5, 0.6) is 0 Å². The quantitative estimate of drug-likeness (QED) is 0.896. The molecule has 100 valence electrons. The normalized spacial score (nSPS) is 12.8. The van der Waals surface area contributed by atoms with E-state index in [1.54, 1.807) is 0 Å². The summed E-state index contributed by atoms with van der Waals surface area (Å²) < 4.78 is 0. The van der Waals surface area contributed by atoms with Crippen LogP contribution in [0.25, 0.3) is 0 Å². The topological polar surface area (TPSA) is 48.7 Å². The van der Waals surface area contributed by atoms with Gasteiger partial charge in [-0.3, -0.25) is 0 Å². The summed E-state index contributed by atoms with van der Waals surface area (Å²) in [6.07, 6.45) is 3.20. The molecule has 0 aliphatic heterocycles. The molecule has 1 aromatic carbocycles. The molecule has 0 saturated heterocycles. The molecule has 3 rings (SSSR count). The lowest BCUT2D eigenvalue weighted by Gasteiger charge is -2.11. The van der Waals surface area contributed by atoms with Gasteiger partial charge in [0.2, 0.25) is 0 Å². The molecular formula is C17H17N3. The van der Waals surface area contributed by atoms with Gasteiger partial charge in [-0.25, -0.2) is 4.98 Å². The predicted molar refractivity (Wildman–Crippen MR) is 80.2 cm³/mol. The van der Waals surface area contributed by atoms with Crippen molar-refractivity contribution in [1.82, 2.24) is 4.98 Å². The van der Waals surface area contributed by atoms with Crippen LogP contribution in [0, 0.1) is 25.2 Å². The van der Waals surface area contributed by atoms with Gasteiger partial charge in [-0.1, -0.05) is 6.07 Å². The Morgan fingerprint density at radius 2 is 2.00 bits per heavy atom. The molecule has 0 fully saturated rings. The van der Waals surface area contributed by atoms with Gasteiger partial charge in [0, 0.05) is 11.4 Å². The van der Waals surface area contributed by atoms with Crippen molar-refractivity contribution in [3.05, 3.63) is 52.2 Å². The van der Waals surface area contributed by atoms with Gasteiger partial charge in [-0.05, 0) is 68.0 Å². The number of hydrogen-bond donors (Lipinski definition) is 1. The molecular weight excluding hydrogens is 246 g/mol. The van der Waals surface area contributed by atoms with Crippen LogP contribution >= 0.6 is 0 Å². The van der Waals surface area contributed by atoms with Crippen LogP contribution in [0.1, 0.15) is 34.4 Å². The van der Waals surface area contributed by atoms with E-state index in [0.29, 0.717) is 11.4 Å². The Balaban J connectivity index is 1.98. The SMILES string of the molecule is Cc1ccc(Nc2nc3c(cc2C#N)CCC3)cc1C. The van der Waals surface area contributed by atoms with Gasteiger partial charge in [-0.2, -0.15) is 5.26 Å². The molecule has 0 spiro atoms. The van der Waals surface area contributed by atoms with Crippen molar-refractivity contribution in [2.75, 3.05) is 5.32 Å². The maximum absolute atomic E-state index is 9.30. The number of nitrogens with zero attached hydrogens (tertiary/aromatic N) is 2. The number of anilines is 2. The number of aromatic nitrogens is 1. The smallest absolute Gasteiger partial charge is 0.148 e. The molecule has 1 aliphatic carbocycles. The minimum Gasteiger partial charge on any atom is -0.339 e. The van der Waals surface area contributed by atoms with Crippen molar-refractivity contribution >= 4 is 11.5 Å². The molecule has 1 aliphatic rings. The molecule has 0 atom stereocenters. The third kappa shape index (κ3) is 2.25. The van der Waals surface area contributed by atoms with Crippen LogP contribution in [0.4, 0.5) is 11.5 Å². The minimum absolute atomic E-state index is 0.629. The van der Waals surface area contributed by atoms with Gasteiger partial charge in [0.1, 0.15) is 11.9 Å². The summed E-state index contributed by atoms with van der Waals surface area (Å²) in [7, 11) is 0. The van der Waals surface area contributed by atoms with Gasteiger partial charge in [0.15, 0.2) is 0 Å². The second-order valence-electron chi connectivity index (χ2n) is 5.38. The van der Waals surface area contributed by atoms with Crippen LogP contribution < -0.4 is 5.32 Å². The predicted octanol–water partition coefficient (Wildman–Crippen LogP) is 3.80. The fraction of sp³-hybridized carbons (Fsp3) is 0.294. The number of fused-ring (bicyclic) bond motifs is 1. The van der Waals surface area contributed by atoms with E-state index >= 15 is 0 Å². The monoisotopic (exact) mass is 263 g/mol. The van der Waals surface area contributed by atoms with Crippen molar-refractivity contribution in [3.63, 3.8) is 0 Å². The Labute approximate surface area is 119 Å². The van der Waals surface area contributed by atoms with Gasteiger partial charge in [0.25, 0.3) is 0 Å². The van der Waals surface area contributed by atoms with E-state index in [4.69, 9.17) is 0 Å². The average Bonchev–Trinajstić information content (AvgIpc) is 2.89. The highest BCUT2D eigenvalue weighted by Crippen LogP contribution is 2.27. The zero-order valence-electron chi connectivity index (χ0n) is 11.8. The first-order valence-corrected chi connectivity index (χ1v) is 6.94. The first-order chi connectivity index (χ1) is 9.67. The van der Waals surface area contributed by atoms with E-state index in [9.17, 15) is 5.26 Å². The van der Waals surface area contributed by atoms with E-state index in [0.717, 1.165) is 30.6 Å². The molecule has 20 heavy (non-hydrogen) atoms. The molecule has 1 heterocycles. The van der Waals surface area contributed by atoms with Crippen molar-refractivity contribution in [3.8, 4) is 6.07 Å². The van der Waals surface area contributed by atoms with E-state index in [1.807, 2.05) is 12.1 Å². The summed E-state index contributed by atoms with van der Waals surface area (Å²) in [6, 6.07) is 10.4. The van der Waals surface area contributed by atoms with E-state index in [-0.39, 0.29) is 0 Å². The van der Waals surface area contributed by atoms with Crippen molar-refractivity contribution in [2.24, 2.45) is 0 Å². The van der Waals surface area contributed by atoms with Crippen LogP contribution in [-0.4, -0.2) is 4.98 Å². The van der Waals surface area contributed by atoms with Crippen LogP contribution in [0.3, 0.4) is 0 Å². The third-order valence-corrected chi connectivity index (χ3v) is 3.94. The van der Waals surface area contributed by atoms with E-state index in [2.05, 4.69) is 42.4 Å². The highest BCUT2D eigenvalue weighted by molar-refractivity contribution is 5.64. The summed E-state index contributed by atoms with van der Waals surface area (Å²) in [5, 5.41) is 12.6. The number of rotatable bonds is 2. The molecule has 2 aromatic rings. The second kappa shape index (κ2) is 4.97. The lowest BCUT2D eigenvalue weighted by molar-refractivity contribution is 0.900. The Hall–Kier alpha value is -2.34. The molecule has 1 aromatic heterocycles. The zero-order chi connectivity index (χ0) is 14.1. The largest absolute Gasteiger partial charge is 0.339 e. The zero-order valence-corrected chi connectivity index (χ0v) is 11.8. The fourth-order valence-corrected chi connectivity index (χ4v) is 2.61. The number of benzene rings is 1. The minimum atomic E-state index is 0.629. The summed E-state index contributed by atoms with van der Waals surface area (Å²) in [6.45, 7) is 4.18. The Kier molecular flexibility index (Phi) is 3.15. The first kappa shape index (κ1) is 12.7. The van der Waals surface area contributed by atoms with Crippen LogP contribution in [0.2, 0.25) is 0 Å². The molecule has 3 heteroatoms. The molecule has 0 radical (unpaired) electrons. The third-order valence-electron chi connectivity index (χ3n) is 3.94. The lowest BCUT2D eigenvalue weighted by atomic mass is 10.1. The number of hydrogen-bond acceptors (Lipinski definition) is 3. The van der Waals surface area contributed by atoms with E-state index < -0.39 is 0 Å². The van der Waals surface area contributed by atoms with Crippen molar-refractivity contribution < 1.29 is 0 Å². The fourth-order valence-electron chi connectivity index (χ4n) is 2.61.